The minimum Gasteiger partial charge on any atom is -0.383 e. The van der Waals surface area contributed by atoms with Gasteiger partial charge in [-0.1, -0.05) is 23.4 Å². The standard InChI is InChI=1S/C21H24FN5O2/c1-28-13-11-24-19-16(7-4-10-23-19)20-25-21(29-26-20)18-9-5-12-27(18)14-15-6-2-3-8-17(15)22/h2-4,6-8,10,18H,5,9,11-14H2,1H3,(H,23,24). The molecule has 0 amide bonds. The summed E-state index contributed by atoms with van der Waals surface area (Å²) in [6.07, 6.45) is 3.63. The van der Waals surface area contributed by atoms with Crippen LogP contribution in [0.25, 0.3) is 11.4 Å². The van der Waals surface area contributed by atoms with Gasteiger partial charge in [0.15, 0.2) is 0 Å². The molecule has 3 heterocycles. The Balaban J connectivity index is 1.52. The van der Waals surface area contributed by atoms with Crippen molar-refractivity contribution < 1.29 is 13.7 Å². The van der Waals surface area contributed by atoms with Gasteiger partial charge in [-0.15, -0.1) is 0 Å². The van der Waals surface area contributed by atoms with E-state index in [-0.39, 0.29) is 11.9 Å². The molecular weight excluding hydrogens is 373 g/mol. The zero-order chi connectivity index (χ0) is 20.1. The van der Waals surface area contributed by atoms with Gasteiger partial charge in [0.05, 0.1) is 18.2 Å². The van der Waals surface area contributed by atoms with Crippen LogP contribution in [0.5, 0.6) is 0 Å². The molecule has 1 saturated heterocycles. The number of rotatable bonds is 8. The second kappa shape index (κ2) is 9.11. The summed E-state index contributed by atoms with van der Waals surface area (Å²) in [5.41, 5.74) is 1.45. The number of methoxy groups -OCH3 is 1. The van der Waals surface area contributed by atoms with Crippen LogP contribution in [0.4, 0.5) is 10.2 Å². The third kappa shape index (κ3) is 4.44. The monoisotopic (exact) mass is 397 g/mol. The first-order chi connectivity index (χ1) is 14.3. The molecule has 1 atom stereocenters. The molecule has 1 unspecified atom stereocenters. The van der Waals surface area contributed by atoms with Crippen molar-refractivity contribution in [2.75, 3.05) is 32.1 Å². The first-order valence-corrected chi connectivity index (χ1v) is 9.75. The first-order valence-electron chi connectivity index (χ1n) is 9.75. The van der Waals surface area contributed by atoms with Crippen molar-refractivity contribution in [3.05, 3.63) is 59.9 Å². The van der Waals surface area contributed by atoms with Gasteiger partial charge >= 0.3 is 0 Å². The summed E-state index contributed by atoms with van der Waals surface area (Å²) in [5, 5.41) is 7.41. The van der Waals surface area contributed by atoms with Crippen LogP contribution in [0.3, 0.4) is 0 Å². The predicted octanol–water partition coefficient (Wildman–Crippen LogP) is 3.67. The minimum atomic E-state index is -0.188. The van der Waals surface area contributed by atoms with Crippen LogP contribution >= 0.6 is 0 Å². The molecule has 1 N–H and O–H groups in total. The first kappa shape index (κ1) is 19.5. The number of halogens is 1. The van der Waals surface area contributed by atoms with Crippen molar-refractivity contribution >= 4 is 5.82 Å². The number of anilines is 1. The lowest BCUT2D eigenvalue weighted by atomic mass is 10.1. The highest BCUT2D eigenvalue weighted by Gasteiger charge is 2.31. The van der Waals surface area contributed by atoms with E-state index in [4.69, 9.17) is 9.26 Å². The van der Waals surface area contributed by atoms with Gasteiger partial charge in [-0.3, -0.25) is 4.90 Å². The number of pyridine rings is 1. The van der Waals surface area contributed by atoms with Crippen LogP contribution in [0.2, 0.25) is 0 Å². The Bertz CT molecular complexity index is 948. The van der Waals surface area contributed by atoms with Gasteiger partial charge in [0.1, 0.15) is 11.6 Å². The molecule has 2 aromatic heterocycles. The van der Waals surface area contributed by atoms with E-state index in [0.717, 1.165) is 24.9 Å². The van der Waals surface area contributed by atoms with Gasteiger partial charge in [-0.2, -0.15) is 4.98 Å². The van der Waals surface area contributed by atoms with Crippen molar-refractivity contribution in [1.82, 2.24) is 20.0 Å². The Morgan fingerprint density at radius 3 is 3.03 bits per heavy atom. The highest BCUT2D eigenvalue weighted by atomic mass is 19.1. The molecule has 0 aliphatic carbocycles. The molecule has 0 bridgehead atoms. The average molecular weight is 397 g/mol. The van der Waals surface area contributed by atoms with E-state index >= 15 is 0 Å². The normalized spacial score (nSPS) is 17.0. The number of likely N-dealkylation sites (tertiary alicyclic amines) is 1. The molecule has 3 aromatic rings. The van der Waals surface area contributed by atoms with E-state index in [2.05, 4.69) is 25.3 Å². The zero-order valence-corrected chi connectivity index (χ0v) is 16.3. The molecule has 0 saturated carbocycles. The molecule has 1 aromatic carbocycles. The molecule has 152 valence electrons. The van der Waals surface area contributed by atoms with Crippen molar-refractivity contribution in [1.29, 1.82) is 0 Å². The van der Waals surface area contributed by atoms with Crippen molar-refractivity contribution in [2.45, 2.75) is 25.4 Å². The Morgan fingerprint density at radius 1 is 1.28 bits per heavy atom. The molecule has 0 spiro atoms. The molecule has 29 heavy (non-hydrogen) atoms. The number of ether oxygens (including phenoxy) is 1. The maximum absolute atomic E-state index is 14.1. The molecule has 8 heteroatoms. The van der Waals surface area contributed by atoms with Crippen LogP contribution in [-0.4, -0.2) is 46.8 Å². The molecule has 7 nitrogen and oxygen atoms in total. The van der Waals surface area contributed by atoms with Crippen molar-refractivity contribution in [3.8, 4) is 11.4 Å². The van der Waals surface area contributed by atoms with Gasteiger partial charge < -0.3 is 14.6 Å². The van der Waals surface area contributed by atoms with Crippen LogP contribution in [0.15, 0.2) is 47.1 Å². The largest absolute Gasteiger partial charge is 0.383 e. The minimum absolute atomic E-state index is 0.0163. The number of nitrogens with one attached hydrogen (secondary N) is 1. The molecule has 4 rings (SSSR count). The lowest BCUT2D eigenvalue weighted by Crippen LogP contribution is -2.23. The fourth-order valence-electron chi connectivity index (χ4n) is 3.62. The smallest absolute Gasteiger partial charge is 0.244 e. The summed E-state index contributed by atoms with van der Waals surface area (Å²) < 4.78 is 24.8. The van der Waals surface area contributed by atoms with E-state index < -0.39 is 0 Å². The second-order valence-electron chi connectivity index (χ2n) is 7.00. The Morgan fingerprint density at radius 2 is 2.17 bits per heavy atom. The van der Waals surface area contributed by atoms with Crippen LogP contribution in [0.1, 0.15) is 30.3 Å². The van der Waals surface area contributed by atoms with Gasteiger partial charge in [0.25, 0.3) is 0 Å². The summed E-state index contributed by atoms with van der Waals surface area (Å²) in [7, 11) is 1.65. The van der Waals surface area contributed by atoms with E-state index in [0.29, 0.717) is 42.8 Å². The SMILES string of the molecule is COCCNc1ncccc1-c1noc(C2CCCN2Cc2ccccc2F)n1. The lowest BCUT2D eigenvalue weighted by molar-refractivity contribution is 0.199. The fraction of sp³-hybridized carbons (Fsp3) is 0.381. The van der Waals surface area contributed by atoms with Crippen molar-refractivity contribution in [3.63, 3.8) is 0 Å². The average Bonchev–Trinajstić information content (AvgIpc) is 3.40. The van der Waals surface area contributed by atoms with E-state index in [9.17, 15) is 4.39 Å². The van der Waals surface area contributed by atoms with Crippen LogP contribution in [0, 0.1) is 5.82 Å². The topological polar surface area (TPSA) is 76.3 Å². The number of aromatic nitrogens is 3. The fourth-order valence-corrected chi connectivity index (χ4v) is 3.62. The summed E-state index contributed by atoms with van der Waals surface area (Å²) in [6.45, 7) is 2.59. The maximum atomic E-state index is 14.1. The maximum Gasteiger partial charge on any atom is 0.244 e. The van der Waals surface area contributed by atoms with E-state index in [1.165, 1.54) is 6.07 Å². The van der Waals surface area contributed by atoms with Crippen LogP contribution < -0.4 is 5.32 Å². The van der Waals surface area contributed by atoms with Gasteiger partial charge in [-0.05, 0) is 37.6 Å². The number of nitrogens with zero attached hydrogens (tertiary/aromatic N) is 4. The van der Waals surface area contributed by atoms with Gasteiger partial charge in [0, 0.05) is 32.0 Å². The van der Waals surface area contributed by atoms with E-state index in [1.54, 1.807) is 19.4 Å². The number of hydrogen-bond donors (Lipinski definition) is 1. The molecule has 1 fully saturated rings. The quantitative estimate of drug-likeness (QED) is 0.581. The zero-order valence-electron chi connectivity index (χ0n) is 16.3. The Kier molecular flexibility index (Phi) is 6.12. The highest BCUT2D eigenvalue weighted by Crippen LogP contribution is 2.34. The number of hydrogen-bond acceptors (Lipinski definition) is 7. The highest BCUT2D eigenvalue weighted by molar-refractivity contribution is 5.69. The molecule has 1 aliphatic rings. The Labute approximate surface area is 168 Å². The molecule has 1 aliphatic heterocycles. The summed E-state index contributed by atoms with van der Waals surface area (Å²) in [5.74, 6) is 1.55. The summed E-state index contributed by atoms with van der Waals surface area (Å²) in [6, 6.07) is 10.6. The molecule has 0 radical (unpaired) electrons. The van der Waals surface area contributed by atoms with Gasteiger partial charge in [0.2, 0.25) is 11.7 Å². The Hall–Kier alpha value is -2.84. The van der Waals surface area contributed by atoms with Crippen LogP contribution in [-0.2, 0) is 11.3 Å². The third-order valence-electron chi connectivity index (χ3n) is 5.07. The van der Waals surface area contributed by atoms with Gasteiger partial charge in [-0.25, -0.2) is 9.37 Å². The summed E-state index contributed by atoms with van der Waals surface area (Å²) >= 11 is 0. The van der Waals surface area contributed by atoms with Crippen molar-refractivity contribution in [2.24, 2.45) is 0 Å². The number of benzene rings is 1. The second-order valence-corrected chi connectivity index (χ2v) is 7.00. The summed E-state index contributed by atoms with van der Waals surface area (Å²) in [4.78, 5) is 11.2. The van der Waals surface area contributed by atoms with E-state index in [1.807, 2.05) is 24.3 Å². The lowest BCUT2D eigenvalue weighted by Gasteiger charge is -2.21. The predicted molar refractivity (Wildman–Crippen MR) is 107 cm³/mol. The molecular formula is C21H24FN5O2. The third-order valence-corrected chi connectivity index (χ3v) is 5.07.